The molecule has 5 aromatic rings. The lowest BCUT2D eigenvalue weighted by Crippen LogP contribution is -2.13. The van der Waals surface area contributed by atoms with Gasteiger partial charge in [0.05, 0.1) is 15.3 Å². The molecule has 0 fully saturated rings. The molecule has 0 aliphatic heterocycles. The maximum atomic E-state index is 12.5. The monoisotopic (exact) mass is 521 g/mol. The molecule has 0 atom stereocenters. The van der Waals surface area contributed by atoms with Crippen LogP contribution in [0.2, 0.25) is 10.0 Å². The summed E-state index contributed by atoms with van der Waals surface area (Å²) >= 11 is 14.0. The van der Waals surface area contributed by atoms with Gasteiger partial charge in [-0.1, -0.05) is 34.4 Å². The van der Waals surface area contributed by atoms with Crippen molar-refractivity contribution in [2.75, 3.05) is 5.32 Å². The molecular weight excluding hydrogens is 509 g/mol. The Hall–Kier alpha value is -4.04. The van der Waals surface area contributed by atoms with Crippen LogP contribution in [0.5, 0.6) is 0 Å². The number of amides is 1. The van der Waals surface area contributed by atoms with Gasteiger partial charge in [-0.25, -0.2) is 9.97 Å². The average Bonchev–Trinajstić information content (AvgIpc) is 3.59. The van der Waals surface area contributed by atoms with Crippen molar-refractivity contribution >= 4 is 46.3 Å². The summed E-state index contributed by atoms with van der Waals surface area (Å²) in [5.74, 6) is 0.831. The molecule has 4 aromatic heterocycles. The second-order valence-corrected chi connectivity index (χ2v) is 9.15. The van der Waals surface area contributed by atoms with Crippen molar-refractivity contribution in [3.8, 4) is 38.3 Å². The first-order valence-corrected chi connectivity index (χ1v) is 11.6. The second-order valence-electron chi connectivity index (χ2n) is 7.29. The Balaban J connectivity index is 1.62. The maximum Gasteiger partial charge on any atom is 0.279 e. The van der Waals surface area contributed by atoms with E-state index in [2.05, 4.69) is 36.7 Å². The minimum absolute atomic E-state index is 0.135. The topological polar surface area (TPSA) is 133 Å². The summed E-state index contributed by atoms with van der Waals surface area (Å²) in [5.41, 5.74) is 2.43. The Morgan fingerprint density at radius 1 is 1.17 bits per heavy atom. The molecule has 0 aliphatic rings. The third kappa shape index (κ3) is 4.40. The Bertz CT molecular complexity index is 1600. The van der Waals surface area contributed by atoms with Crippen LogP contribution in [0.1, 0.15) is 21.8 Å². The summed E-state index contributed by atoms with van der Waals surface area (Å²) < 4.78 is 4.96. The predicted octanol–water partition coefficient (Wildman–Crippen LogP) is 5.99. The molecule has 1 aromatic carbocycles. The van der Waals surface area contributed by atoms with Crippen molar-refractivity contribution in [3.05, 3.63) is 76.0 Å². The number of nitriles is 1. The van der Waals surface area contributed by atoms with Gasteiger partial charge in [0.25, 0.3) is 5.91 Å². The number of hydrogen-bond acceptors (Lipinski definition) is 8. The Kier molecular flexibility index (Phi) is 6.05. The minimum atomic E-state index is -0.464. The van der Waals surface area contributed by atoms with E-state index in [0.29, 0.717) is 53.6 Å². The highest BCUT2D eigenvalue weighted by Gasteiger charge is 2.25. The molecule has 9 nitrogen and oxygen atoms in total. The van der Waals surface area contributed by atoms with Crippen molar-refractivity contribution in [3.63, 3.8) is 0 Å². The number of nitrogens with one attached hydrogen (secondary N) is 2. The highest BCUT2D eigenvalue weighted by molar-refractivity contribution is 7.19. The highest BCUT2D eigenvalue weighted by Crippen LogP contribution is 2.48. The van der Waals surface area contributed by atoms with Gasteiger partial charge in [-0.15, -0.1) is 11.3 Å². The van der Waals surface area contributed by atoms with Gasteiger partial charge in [0.2, 0.25) is 0 Å². The zero-order chi connectivity index (χ0) is 24.5. The number of anilines is 1. The molecule has 0 radical (unpaired) electrons. The van der Waals surface area contributed by atoms with Gasteiger partial charge in [0, 0.05) is 33.4 Å². The summed E-state index contributed by atoms with van der Waals surface area (Å²) in [4.78, 5) is 22.3. The third-order valence-corrected chi connectivity index (χ3v) is 6.77. The summed E-state index contributed by atoms with van der Waals surface area (Å²) in [6.07, 6.45) is 2.93. The predicted molar refractivity (Wildman–Crippen MR) is 132 cm³/mol. The van der Waals surface area contributed by atoms with E-state index in [1.807, 2.05) is 0 Å². The van der Waals surface area contributed by atoms with Crippen molar-refractivity contribution in [1.82, 2.24) is 25.3 Å². The van der Waals surface area contributed by atoms with E-state index in [1.165, 1.54) is 23.7 Å². The van der Waals surface area contributed by atoms with Gasteiger partial charge in [0.1, 0.15) is 24.0 Å². The fourth-order valence-corrected chi connectivity index (χ4v) is 5.18. The lowest BCUT2D eigenvalue weighted by atomic mass is 9.98. The van der Waals surface area contributed by atoms with Gasteiger partial charge in [-0.05, 0) is 36.8 Å². The number of halogens is 2. The van der Waals surface area contributed by atoms with E-state index < -0.39 is 5.91 Å². The molecule has 35 heavy (non-hydrogen) atoms. The standard InChI is InChI=1S/C23H13Cl2N7O2S/c1-11-6-17(32-34-11)23(33)30-18-7-12(4-5-27-18)20-15(9-26)19(14-3-2-13(24)8-16(14)25)21(35-20)22-28-10-29-31-22/h2-8,10H,1H3,(H,27,30,33)(H,28,29,31). The van der Waals surface area contributed by atoms with Crippen molar-refractivity contribution in [2.45, 2.75) is 6.92 Å². The van der Waals surface area contributed by atoms with Crippen LogP contribution in [-0.4, -0.2) is 31.2 Å². The molecule has 172 valence electrons. The fourth-order valence-electron chi connectivity index (χ4n) is 3.47. The number of carbonyl (C=O) groups excluding carboxylic acids is 1. The first-order chi connectivity index (χ1) is 16.9. The van der Waals surface area contributed by atoms with E-state index in [-0.39, 0.29) is 11.5 Å². The SMILES string of the molecule is Cc1cc(C(=O)Nc2cc(-c3sc(-c4ncn[nH]4)c(-c4ccc(Cl)cc4Cl)c3C#N)ccn2)no1. The molecule has 4 heterocycles. The molecule has 0 spiro atoms. The molecule has 12 heteroatoms. The summed E-state index contributed by atoms with van der Waals surface area (Å²) in [7, 11) is 0. The largest absolute Gasteiger partial charge is 0.361 e. The minimum Gasteiger partial charge on any atom is -0.361 e. The molecule has 2 N–H and O–H groups in total. The highest BCUT2D eigenvalue weighted by atomic mass is 35.5. The van der Waals surface area contributed by atoms with Crippen LogP contribution in [0, 0.1) is 18.3 Å². The van der Waals surface area contributed by atoms with Gasteiger partial charge in [-0.2, -0.15) is 10.4 Å². The molecule has 0 saturated heterocycles. The van der Waals surface area contributed by atoms with E-state index in [4.69, 9.17) is 27.7 Å². The first-order valence-electron chi connectivity index (χ1n) is 10.0. The molecule has 0 aliphatic carbocycles. The number of nitrogens with zero attached hydrogens (tertiary/aromatic N) is 5. The van der Waals surface area contributed by atoms with Crippen LogP contribution in [0.3, 0.4) is 0 Å². The van der Waals surface area contributed by atoms with Crippen LogP contribution < -0.4 is 5.32 Å². The smallest absolute Gasteiger partial charge is 0.279 e. The number of aromatic amines is 1. The van der Waals surface area contributed by atoms with Gasteiger partial charge in [-0.3, -0.25) is 9.89 Å². The number of aryl methyl sites for hydroxylation is 1. The first kappa shape index (κ1) is 22.7. The van der Waals surface area contributed by atoms with E-state index >= 15 is 0 Å². The Labute approximate surface area is 212 Å². The number of H-pyrrole nitrogens is 1. The molecular formula is C23H13Cl2N7O2S. The van der Waals surface area contributed by atoms with E-state index in [1.54, 1.807) is 43.5 Å². The lowest BCUT2D eigenvalue weighted by molar-refractivity contribution is 0.101. The number of hydrogen-bond donors (Lipinski definition) is 2. The molecule has 1 amide bonds. The van der Waals surface area contributed by atoms with Crippen LogP contribution in [0.4, 0.5) is 5.82 Å². The third-order valence-electron chi connectivity index (χ3n) is 4.97. The number of pyridine rings is 1. The quantitative estimate of drug-likeness (QED) is 0.290. The molecule has 0 saturated carbocycles. The number of carbonyl (C=O) groups is 1. The zero-order valence-corrected chi connectivity index (χ0v) is 20.2. The number of thiophene rings is 1. The van der Waals surface area contributed by atoms with Gasteiger partial charge in [0.15, 0.2) is 11.5 Å². The number of benzene rings is 1. The van der Waals surface area contributed by atoms with Crippen molar-refractivity contribution in [1.29, 1.82) is 5.26 Å². The average molecular weight is 522 g/mol. The van der Waals surface area contributed by atoms with Crippen molar-refractivity contribution in [2.24, 2.45) is 0 Å². The Morgan fingerprint density at radius 2 is 2.03 bits per heavy atom. The van der Waals surface area contributed by atoms with Crippen LogP contribution in [-0.2, 0) is 0 Å². The van der Waals surface area contributed by atoms with E-state index in [9.17, 15) is 10.1 Å². The molecule has 5 rings (SSSR count). The maximum absolute atomic E-state index is 12.5. The van der Waals surface area contributed by atoms with E-state index in [0.717, 1.165) is 0 Å². The zero-order valence-electron chi connectivity index (χ0n) is 17.8. The van der Waals surface area contributed by atoms with Gasteiger partial charge < -0.3 is 9.84 Å². The number of rotatable bonds is 5. The molecule has 0 unspecified atom stereocenters. The Morgan fingerprint density at radius 3 is 2.71 bits per heavy atom. The number of aromatic nitrogens is 5. The lowest BCUT2D eigenvalue weighted by Gasteiger charge is -2.07. The summed E-state index contributed by atoms with van der Waals surface area (Å²) in [5, 5.41) is 24.3. The van der Waals surface area contributed by atoms with Crippen LogP contribution in [0.15, 0.2) is 53.4 Å². The second kappa shape index (κ2) is 9.31. The summed E-state index contributed by atoms with van der Waals surface area (Å²) in [6, 6.07) is 12.3. The van der Waals surface area contributed by atoms with Crippen LogP contribution in [0.25, 0.3) is 32.3 Å². The normalized spacial score (nSPS) is 10.8. The summed E-state index contributed by atoms with van der Waals surface area (Å²) in [6.45, 7) is 1.69. The van der Waals surface area contributed by atoms with Crippen molar-refractivity contribution < 1.29 is 9.32 Å². The van der Waals surface area contributed by atoms with Gasteiger partial charge >= 0.3 is 0 Å². The van der Waals surface area contributed by atoms with Crippen LogP contribution >= 0.6 is 34.5 Å². The fraction of sp³-hybridized carbons (Fsp3) is 0.0435. The molecule has 0 bridgehead atoms.